The normalized spacial score (nSPS) is 20.2. The summed E-state index contributed by atoms with van der Waals surface area (Å²) in [4.78, 5) is 8.46. The molecule has 0 aliphatic carbocycles. The minimum atomic E-state index is 0.118. The monoisotopic (exact) mass is 267 g/mol. The van der Waals surface area contributed by atoms with Crippen LogP contribution < -0.4 is 5.73 Å². The van der Waals surface area contributed by atoms with Crippen molar-refractivity contribution in [1.29, 1.82) is 0 Å². The van der Waals surface area contributed by atoms with E-state index in [1.54, 1.807) is 11.3 Å². The predicted molar refractivity (Wildman–Crippen MR) is 78.0 cm³/mol. The molecule has 0 saturated carbocycles. The van der Waals surface area contributed by atoms with Crippen LogP contribution in [0.2, 0.25) is 0 Å². The third kappa shape index (κ3) is 3.53. The Hall–Kier alpha value is -0.450. The lowest BCUT2D eigenvalue weighted by Crippen LogP contribution is -2.34. The Morgan fingerprint density at radius 1 is 1.44 bits per heavy atom. The van der Waals surface area contributed by atoms with Crippen LogP contribution in [0.25, 0.3) is 0 Å². The highest BCUT2D eigenvalue weighted by Gasteiger charge is 2.16. The summed E-state index contributed by atoms with van der Waals surface area (Å²) in [5.41, 5.74) is 7.06. The zero-order valence-electron chi connectivity index (χ0n) is 11.8. The van der Waals surface area contributed by atoms with E-state index in [-0.39, 0.29) is 6.04 Å². The molecule has 0 radical (unpaired) electrons. The van der Waals surface area contributed by atoms with Crippen LogP contribution in [0.5, 0.6) is 0 Å². The Labute approximate surface area is 114 Å². The summed E-state index contributed by atoms with van der Waals surface area (Å²) < 4.78 is 0. The van der Waals surface area contributed by atoms with Crippen molar-refractivity contribution >= 4 is 11.3 Å². The van der Waals surface area contributed by atoms with Gasteiger partial charge in [0.25, 0.3) is 0 Å². The molecule has 2 N–H and O–H groups in total. The van der Waals surface area contributed by atoms with E-state index < -0.39 is 0 Å². The van der Waals surface area contributed by atoms with Crippen molar-refractivity contribution in [2.45, 2.75) is 46.1 Å². The minimum Gasteiger partial charge on any atom is -0.323 e. The Bertz CT molecular complexity index is 378. The lowest BCUT2D eigenvalue weighted by molar-refractivity contribution is 0.194. The van der Waals surface area contributed by atoms with Crippen LogP contribution in [0.15, 0.2) is 0 Å². The summed E-state index contributed by atoms with van der Waals surface area (Å²) >= 11 is 1.79. The Morgan fingerprint density at radius 3 is 2.67 bits per heavy atom. The van der Waals surface area contributed by atoms with Crippen molar-refractivity contribution in [3.63, 3.8) is 0 Å². The van der Waals surface area contributed by atoms with Crippen molar-refractivity contribution in [1.82, 2.24) is 9.88 Å². The van der Waals surface area contributed by atoms with Crippen LogP contribution in [-0.4, -0.2) is 29.5 Å². The van der Waals surface area contributed by atoms with E-state index in [2.05, 4.69) is 23.7 Å². The molecule has 2 heterocycles. The number of hydrogen-bond donors (Lipinski definition) is 1. The zero-order valence-corrected chi connectivity index (χ0v) is 12.6. The predicted octanol–water partition coefficient (Wildman–Crippen LogP) is 2.75. The van der Waals surface area contributed by atoms with Crippen molar-refractivity contribution in [3.8, 4) is 0 Å². The number of aryl methyl sites for hydroxylation is 1. The van der Waals surface area contributed by atoms with Crippen LogP contribution in [0.4, 0.5) is 0 Å². The summed E-state index contributed by atoms with van der Waals surface area (Å²) in [7, 11) is 0. The molecule has 4 heteroatoms. The number of hydrogen-bond acceptors (Lipinski definition) is 4. The zero-order chi connectivity index (χ0) is 13.1. The van der Waals surface area contributed by atoms with E-state index in [0.717, 1.165) is 24.6 Å². The average molecular weight is 267 g/mol. The third-order valence-corrected chi connectivity index (χ3v) is 5.23. The molecular formula is C14H25N3S. The fraction of sp³-hybridized carbons (Fsp3) is 0.786. The van der Waals surface area contributed by atoms with Gasteiger partial charge in [-0.05, 0) is 45.7 Å². The SMILES string of the molecule is Cc1nc(CCN2CCC(C)CC2)sc1C(C)N. The van der Waals surface area contributed by atoms with Gasteiger partial charge in [-0.25, -0.2) is 4.98 Å². The first kappa shape index (κ1) is 14.0. The minimum absolute atomic E-state index is 0.118. The maximum absolute atomic E-state index is 5.94. The molecule has 1 atom stereocenters. The van der Waals surface area contributed by atoms with Gasteiger partial charge in [-0.3, -0.25) is 0 Å². The number of nitrogens with zero attached hydrogens (tertiary/aromatic N) is 2. The Kier molecular flexibility index (Phi) is 4.76. The van der Waals surface area contributed by atoms with Gasteiger partial charge in [0.1, 0.15) is 0 Å². The van der Waals surface area contributed by atoms with E-state index in [1.165, 1.54) is 35.8 Å². The van der Waals surface area contributed by atoms with Crippen molar-refractivity contribution in [2.24, 2.45) is 11.7 Å². The summed E-state index contributed by atoms with van der Waals surface area (Å²) in [5, 5.41) is 1.25. The van der Waals surface area contributed by atoms with Gasteiger partial charge < -0.3 is 10.6 Å². The summed E-state index contributed by atoms with van der Waals surface area (Å²) in [5.74, 6) is 0.910. The van der Waals surface area contributed by atoms with E-state index >= 15 is 0 Å². The van der Waals surface area contributed by atoms with E-state index in [0.29, 0.717) is 0 Å². The molecule has 2 rings (SSSR count). The lowest BCUT2D eigenvalue weighted by atomic mass is 9.99. The molecule has 1 fully saturated rings. The molecule has 0 amide bonds. The quantitative estimate of drug-likeness (QED) is 0.912. The largest absolute Gasteiger partial charge is 0.323 e. The van der Waals surface area contributed by atoms with E-state index in [1.807, 2.05) is 6.92 Å². The first-order chi connectivity index (χ1) is 8.56. The third-order valence-electron chi connectivity index (χ3n) is 3.81. The summed E-state index contributed by atoms with van der Waals surface area (Å²) in [6, 6.07) is 0.118. The molecule has 18 heavy (non-hydrogen) atoms. The van der Waals surface area contributed by atoms with Crippen LogP contribution in [-0.2, 0) is 6.42 Å². The first-order valence-corrected chi connectivity index (χ1v) is 7.82. The summed E-state index contributed by atoms with van der Waals surface area (Å²) in [6.45, 7) is 10.1. The molecule has 102 valence electrons. The van der Waals surface area contributed by atoms with Gasteiger partial charge in [-0.1, -0.05) is 6.92 Å². The number of thiazole rings is 1. The maximum Gasteiger partial charge on any atom is 0.0944 e. The van der Waals surface area contributed by atoms with Crippen LogP contribution in [0, 0.1) is 12.8 Å². The molecule has 0 spiro atoms. The Morgan fingerprint density at radius 2 is 2.11 bits per heavy atom. The number of likely N-dealkylation sites (tertiary alicyclic amines) is 1. The topological polar surface area (TPSA) is 42.2 Å². The average Bonchev–Trinajstić information content (AvgIpc) is 2.70. The van der Waals surface area contributed by atoms with Gasteiger partial charge in [0.2, 0.25) is 0 Å². The van der Waals surface area contributed by atoms with Crippen LogP contribution >= 0.6 is 11.3 Å². The molecule has 1 unspecified atom stereocenters. The Balaban J connectivity index is 1.85. The standard InChI is InChI=1S/C14H25N3S/c1-10-4-7-17(8-5-10)9-6-13-16-12(3)14(18-13)11(2)15/h10-11H,4-9,15H2,1-3H3. The van der Waals surface area contributed by atoms with E-state index in [4.69, 9.17) is 5.73 Å². The second-order valence-corrected chi connectivity index (χ2v) is 6.74. The second-order valence-electron chi connectivity index (χ2n) is 5.62. The fourth-order valence-corrected chi connectivity index (χ4v) is 3.54. The molecule has 0 bridgehead atoms. The van der Waals surface area contributed by atoms with Crippen LogP contribution in [0.3, 0.4) is 0 Å². The highest BCUT2D eigenvalue weighted by molar-refractivity contribution is 7.11. The van der Waals surface area contributed by atoms with Gasteiger partial charge in [0.05, 0.1) is 10.7 Å². The number of rotatable bonds is 4. The molecule has 1 aromatic rings. The second kappa shape index (κ2) is 6.13. The number of piperidine rings is 1. The number of aromatic nitrogens is 1. The van der Waals surface area contributed by atoms with Gasteiger partial charge in [0, 0.05) is 23.9 Å². The maximum atomic E-state index is 5.94. The highest BCUT2D eigenvalue weighted by Crippen LogP contribution is 2.24. The van der Waals surface area contributed by atoms with Crippen LogP contribution in [0.1, 0.15) is 48.3 Å². The smallest absolute Gasteiger partial charge is 0.0944 e. The molecule has 1 aliphatic heterocycles. The van der Waals surface area contributed by atoms with E-state index in [9.17, 15) is 0 Å². The van der Waals surface area contributed by atoms with Gasteiger partial charge in [-0.2, -0.15) is 0 Å². The van der Waals surface area contributed by atoms with Crippen molar-refractivity contribution in [3.05, 3.63) is 15.6 Å². The lowest BCUT2D eigenvalue weighted by Gasteiger charge is -2.29. The molecule has 1 aliphatic rings. The molecule has 3 nitrogen and oxygen atoms in total. The summed E-state index contributed by atoms with van der Waals surface area (Å²) in [6.07, 6.45) is 3.77. The molecule has 1 aromatic heterocycles. The molecule has 1 saturated heterocycles. The van der Waals surface area contributed by atoms with Gasteiger partial charge >= 0.3 is 0 Å². The molecular weight excluding hydrogens is 242 g/mol. The first-order valence-electron chi connectivity index (χ1n) is 7.00. The molecule has 0 aromatic carbocycles. The van der Waals surface area contributed by atoms with Crippen molar-refractivity contribution < 1.29 is 0 Å². The highest BCUT2D eigenvalue weighted by atomic mass is 32.1. The van der Waals surface area contributed by atoms with Gasteiger partial charge in [-0.15, -0.1) is 11.3 Å². The fourth-order valence-electron chi connectivity index (χ4n) is 2.53. The number of nitrogens with two attached hydrogens (primary N) is 1. The van der Waals surface area contributed by atoms with Gasteiger partial charge in [0.15, 0.2) is 0 Å². The van der Waals surface area contributed by atoms with Crippen molar-refractivity contribution in [2.75, 3.05) is 19.6 Å².